The summed E-state index contributed by atoms with van der Waals surface area (Å²) >= 11 is 0. The van der Waals surface area contributed by atoms with Crippen LogP contribution >= 0.6 is 0 Å². The van der Waals surface area contributed by atoms with Gasteiger partial charge in [-0.1, -0.05) is 12.1 Å². The molecule has 0 radical (unpaired) electrons. The number of alkyl halides is 3. The molecule has 0 spiro atoms. The Kier molecular flexibility index (Phi) is 5.02. The topological polar surface area (TPSA) is 80.2 Å². The van der Waals surface area contributed by atoms with Crippen molar-refractivity contribution >= 4 is 11.9 Å². The number of nitrogens with one attached hydrogen (secondary N) is 2. The standard InChI is InChI=1S/C18H16F3N3O3/c19-18(20,21)13-4-7-15(25)24(10-13)9-11-2-1-3-12(8-11)16(26)23-17(27)22-14-5-6-14/h1-4,7-8,10,14H,5-6,9H2,(H2,22,23,26,27). The van der Waals surface area contributed by atoms with Gasteiger partial charge < -0.3 is 9.88 Å². The first-order valence-corrected chi connectivity index (χ1v) is 8.21. The third-order valence-electron chi connectivity index (χ3n) is 3.99. The van der Waals surface area contributed by atoms with Crippen LogP contribution in [0.2, 0.25) is 0 Å². The third-order valence-corrected chi connectivity index (χ3v) is 3.99. The molecule has 1 aromatic carbocycles. The highest BCUT2D eigenvalue weighted by Crippen LogP contribution is 2.28. The number of imide groups is 1. The van der Waals surface area contributed by atoms with Crippen LogP contribution in [0, 0.1) is 0 Å². The van der Waals surface area contributed by atoms with Gasteiger partial charge in [0, 0.05) is 23.9 Å². The van der Waals surface area contributed by atoms with Gasteiger partial charge >= 0.3 is 12.2 Å². The fourth-order valence-corrected chi connectivity index (χ4v) is 2.45. The molecule has 0 aliphatic heterocycles. The maximum absolute atomic E-state index is 12.8. The Hall–Kier alpha value is -3.10. The number of rotatable bonds is 4. The predicted octanol–water partition coefficient (Wildman–Crippen LogP) is 2.52. The minimum absolute atomic E-state index is 0.0944. The Morgan fingerprint density at radius 2 is 1.89 bits per heavy atom. The van der Waals surface area contributed by atoms with Crippen LogP contribution < -0.4 is 16.2 Å². The van der Waals surface area contributed by atoms with Crippen LogP contribution in [-0.2, 0) is 12.7 Å². The van der Waals surface area contributed by atoms with Crippen LogP contribution in [0.15, 0.2) is 47.4 Å². The van der Waals surface area contributed by atoms with E-state index in [4.69, 9.17) is 0 Å². The van der Waals surface area contributed by atoms with Crippen molar-refractivity contribution in [2.75, 3.05) is 0 Å². The summed E-state index contributed by atoms with van der Waals surface area (Å²) in [5, 5.41) is 4.81. The molecule has 0 atom stereocenters. The summed E-state index contributed by atoms with van der Waals surface area (Å²) in [4.78, 5) is 35.6. The zero-order valence-electron chi connectivity index (χ0n) is 14.0. The first-order chi connectivity index (χ1) is 12.7. The van der Waals surface area contributed by atoms with E-state index in [0.717, 1.165) is 35.7 Å². The van der Waals surface area contributed by atoms with E-state index in [1.165, 1.54) is 18.2 Å². The van der Waals surface area contributed by atoms with Gasteiger partial charge in [0.05, 0.1) is 12.1 Å². The minimum Gasteiger partial charge on any atom is -0.335 e. The van der Waals surface area contributed by atoms with Crippen molar-refractivity contribution in [3.63, 3.8) is 0 Å². The number of pyridine rings is 1. The lowest BCUT2D eigenvalue weighted by molar-refractivity contribution is -0.138. The highest BCUT2D eigenvalue weighted by molar-refractivity contribution is 6.04. The smallest absolute Gasteiger partial charge is 0.335 e. The van der Waals surface area contributed by atoms with Crippen molar-refractivity contribution in [2.24, 2.45) is 0 Å². The molecule has 1 aliphatic carbocycles. The van der Waals surface area contributed by atoms with E-state index in [1.807, 2.05) is 0 Å². The molecule has 2 N–H and O–H groups in total. The van der Waals surface area contributed by atoms with E-state index in [2.05, 4.69) is 10.6 Å². The van der Waals surface area contributed by atoms with Crippen molar-refractivity contribution in [1.82, 2.24) is 15.2 Å². The molecule has 1 aromatic heterocycles. The summed E-state index contributed by atoms with van der Waals surface area (Å²) in [5.74, 6) is -0.633. The van der Waals surface area contributed by atoms with Gasteiger partial charge in [-0.25, -0.2) is 4.79 Å². The largest absolute Gasteiger partial charge is 0.417 e. The molecule has 0 unspecified atom stereocenters. The van der Waals surface area contributed by atoms with Gasteiger partial charge in [0.2, 0.25) is 0 Å². The lowest BCUT2D eigenvalue weighted by Gasteiger charge is -2.11. The summed E-state index contributed by atoms with van der Waals surface area (Å²) in [6.45, 7) is -0.141. The third kappa shape index (κ3) is 4.96. The van der Waals surface area contributed by atoms with Crippen LogP contribution in [0.3, 0.4) is 0 Å². The van der Waals surface area contributed by atoms with Crippen molar-refractivity contribution in [2.45, 2.75) is 31.6 Å². The van der Waals surface area contributed by atoms with Crippen LogP contribution in [0.5, 0.6) is 0 Å². The average Bonchev–Trinajstić information content (AvgIpc) is 3.40. The van der Waals surface area contributed by atoms with Crippen molar-refractivity contribution in [3.8, 4) is 0 Å². The Bertz CT molecular complexity index is 933. The first-order valence-electron chi connectivity index (χ1n) is 8.21. The van der Waals surface area contributed by atoms with Gasteiger partial charge in [0.15, 0.2) is 0 Å². The molecule has 0 saturated heterocycles. The maximum Gasteiger partial charge on any atom is 0.417 e. The fraction of sp³-hybridized carbons (Fsp3) is 0.278. The molecule has 142 valence electrons. The maximum atomic E-state index is 12.8. The average molecular weight is 379 g/mol. The van der Waals surface area contributed by atoms with E-state index in [9.17, 15) is 27.6 Å². The molecular weight excluding hydrogens is 363 g/mol. The number of urea groups is 1. The van der Waals surface area contributed by atoms with Crippen LogP contribution in [0.25, 0.3) is 0 Å². The molecule has 3 amide bonds. The second-order valence-corrected chi connectivity index (χ2v) is 6.28. The number of carbonyl (C=O) groups is 2. The van der Waals surface area contributed by atoms with Gasteiger partial charge in [0.1, 0.15) is 0 Å². The second kappa shape index (κ2) is 7.26. The van der Waals surface area contributed by atoms with Crippen LogP contribution in [0.1, 0.15) is 34.3 Å². The molecular formula is C18H16F3N3O3. The Morgan fingerprint density at radius 3 is 2.56 bits per heavy atom. The predicted molar refractivity (Wildman–Crippen MR) is 90.3 cm³/mol. The number of hydrogen-bond donors (Lipinski definition) is 2. The summed E-state index contributed by atoms with van der Waals surface area (Å²) in [6.07, 6.45) is -2.07. The molecule has 27 heavy (non-hydrogen) atoms. The van der Waals surface area contributed by atoms with Gasteiger partial charge in [-0.15, -0.1) is 0 Å². The van der Waals surface area contributed by atoms with Gasteiger partial charge in [-0.2, -0.15) is 13.2 Å². The fourth-order valence-electron chi connectivity index (χ4n) is 2.45. The molecule has 1 aliphatic rings. The van der Waals surface area contributed by atoms with Crippen LogP contribution in [0.4, 0.5) is 18.0 Å². The number of benzene rings is 1. The molecule has 2 aromatic rings. The lowest BCUT2D eigenvalue weighted by Crippen LogP contribution is -2.40. The highest BCUT2D eigenvalue weighted by atomic mass is 19.4. The van der Waals surface area contributed by atoms with Gasteiger partial charge in [-0.3, -0.25) is 14.9 Å². The number of hydrogen-bond acceptors (Lipinski definition) is 3. The normalized spacial score (nSPS) is 13.9. The highest BCUT2D eigenvalue weighted by Gasteiger charge is 2.31. The zero-order chi connectivity index (χ0) is 19.6. The molecule has 9 heteroatoms. The van der Waals surface area contributed by atoms with E-state index in [-0.39, 0.29) is 18.2 Å². The molecule has 0 bridgehead atoms. The van der Waals surface area contributed by atoms with E-state index in [0.29, 0.717) is 5.56 Å². The first kappa shape index (κ1) is 18.7. The quantitative estimate of drug-likeness (QED) is 0.857. The van der Waals surface area contributed by atoms with Crippen molar-refractivity contribution < 1.29 is 22.8 Å². The number of halogens is 3. The number of aromatic nitrogens is 1. The van der Waals surface area contributed by atoms with E-state index in [1.54, 1.807) is 6.07 Å². The monoisotopic (exact) mass is 379 g/mol. The SMILES string of the molecule is O=C(NC(=O)c1cccc(Cn2cc(C(F)(F)F)ccc2=O)c1)NC1CC1. The molecule has 1 heterocycles. The van der Waals surface area contributed by atoms with Crippen molar-refractivity contribution in [1.29, 1.82) is 0 Å². The second-order valence-electron chi connectivity index (χ2n) is 6.28. The summed E-state index contributed by atoms with van der Waals surface area (Å²) in [5.41, 5.74) is -0.917. The summed E-state index contributed by atoms with van der Waals surface area (Å²) < 4.78 is 39.4. The Morgan fingerprint density at radius 1 is 1.15 bits per heavy atom. The van der Waals surface area contributed by atoms with Gasteiger partial charge in [0.25, 0.3) is 11.5 Å². The van der Waals surface area contributed by atoms with Gasteiger partial charge in [-0.05, 0) is 36.6 Å². The molecule has 1 saturated carbocycles. The Balaban J connectivity index is 1.75. The molecule has 6 nitrogen and oxygen atoms in total. The van der Waals surface area contributed by atoms with Crippen molar-refractivity contribution in [3.05, 3.63) is 69.6 Å². The Labute approximate surface area is 152 Å². The minimum atomic E-state index is -4.56. The van der Waals surface area contributed by atoms with E-state index >= 15 is 0 Å². The number of carbonyl (C=O) groups excluding carboxylic acids is 2. The van der Waals surface area contributed by atoms with Crippen LogP contribution in [-0.4, -0.2) is 22.5 Å². The summed E-state index contributed by atoms with van der Waals surface area (Å²) in [7, 11) is 0. The molecule has 3 rings (SSSR count). The number of nitrogens with zero attached hydrogens (tertiary/aromatic N) is 1. The number of amides is 3. The lowest BCUT2D eigenvalue weighted by atomic mass is 10.1. The van der Waals surface area contributed by atoms with E-state index < -0.39 is 29.2 Å². The molecule has 1 fully saturated rings. The zero-order valence-corrected chi connectivity index (χ0v) is 14.0. The summed E-state index contributed by atoms with van der Waals surface area (Å²) in [6, 6.07) is 7.07.